The van der Waals surface area contributed by atoms with Crippen LogP contribution in [0.1, 0.15) is 31.9 Å². The van der Waals surface area contributed by atoms with E-state index in [9.17, 15) is 5.11 Å². The van der Waals surface area contributed by atoms with Gasteiger partial charge in [0, 0.05) is 13.2 Å². The van der Waals surface area contributed by atoms with Crippen molar-refractivity contribution < 1.29 is 9.84 Å². The maximum absolute atomic E-state index is 9.35. The van der Waals surface area contributed by atoms with Gasteiger partial charge in [0.15, 0.2) is 0 Å². The fourth-order valence-corrected chi connectivity index (χ4v) is 1.70. The lowest BCUT2D eigenvalue weighted by atomic mass is 10.1. The van der Waals surface area contributed by atoms with Crippen molar-refractivity contribution in [2.24, 2.45) is 5.92 Å². The molecule has 1 unspecified atom stereocenters. The Morgan fingerprint density at radius 3 is 2.50 bits per heavy atom. The van der Waals surface area contributed by atoms with Crippen molar-refractivity contribution in [3.8, 4) is 0 Å². The quantitative estimate of drug-likeness (QED) is 0.662. The smallest absolute Gasteiger partial charge is 0.0626 e. The van der Waals surface area contributed by atoms with Crippen LogP contribution in [0.5, 0.6) is 0 Å². The van der Waals surface area contributed by atoms with E-state index < -0.39 is 0 Å². The molecule has 0 spiro atoms. The molecule has 3 heteroatoms. The summed E-state index contributed by atoms with van der Waals surface area (Å²) in [7, 11) is 0. The number of benzene rings is 1. The number of hydrogen-bond acceptors (Lipinski definition) is 3. The summed E-state index contributed by atoms with van der Waals surface area (Å²) >= 11 is 0. The van der Waals surface area contributed by atoms with Gasteiger partial charge >= 0.3 is 0 Å². The molecule has 0 radical (unpaired) electrons. The molecule has 0 heterocycles. The molecule has 0 aromatic heterocycles. The van der Waals surface area contributed by atoms with Crippen molar-refractivity contribution in [3.63, 3.8) is 0 Å². The van der Waals surface area contributed by atoms with E-state index in [1.807, 2.05) is 30.3 Å². The molecule has 18 heavy (non-hydrogen) atoms. The summed E-state index contributed by atoms with van der Waals surface area (Å²) in [5, 5.41) is 12.7. The lowest BCUT2D eigenvalue weighted by molar-refractivity contribution is 0.120. The van der Waals surface area contributed by atoms with E-state index in [0.717, 1.165) is 25.1 Å². The second-order valence-corrected chi connectivity index (χ2v) is 4.89. The highest BCUT2D eigenvalue weighted by Gasteiger charge is 2.08. The number of ether oxygens (including phenoxy) is 1. The zero-order chi connectivity index (χ0) is 13.2. The van der Waals surface area contributed by atoms with E-state index in [1.54, 1.807) is 0 Å². The minimum absolute atomic E-state index is 0.0000937. The molecule has 1 aromatic carbocycles. The Bertz CT molecular complexity index is 301. The van der Waals surface area contributed by atoms with Crippen LogP contribution < -0.4 is 5.32 Å². The Kier molecular flexibility index (Phi) is 7.65. The lowest BCUT2D eigenvalue weighted by Gasteiger charge is -2.16. The van der Waals surface area contributed by atoms with Crippen molar-refractivity contribution >= 4 is 0 Å². The first kappa shape index (κ1) is 15.2. The number of nitrogens with one attached hydrogen (secondary N) is 1. The van der Waals surface area contributed by atoms with Crippen LogP contribution in [0.25, 0.3) is 0 Å². The van der Waals surface area contributed by atoms with E-state index >= 15 is 0 Å². The molecule has 3 nitrogen and oxygen atoms in total. The summed E-state index contributed by atoms with van der Waals surface area (Å²) in [5.74, 6) is 0.687. The van der Waals surface area contributed by atoms with Crippen LogP contribution in [0, 0.1) is 5.92 Å². The average Bonchev–Trinajstić information content (AvgIpc) is 2.38. The lowest BCUT2D eigenvalue weighted by Crippen LogP contribution is -2.28. The molecule has 0 saturated carbocycles. The van der Waals surface area contributed by atoms with E-state index in [2.05, 4.69) is 19.2 Å². The molecule has 1 aromatic rings. The van der Waals surface area contributed by atoms with Gasteiger partial charge in [0.05, 0.1) is 19.3 Å². The SMILES string of the molecule is CC(C)CCOCCNC(CO)c1ccccc1. The summed E-state index contributed by atoms with van der Waals surface area (Å²) in [6, 6.07) is 9.99. The van der Waals surface area contributed by atoms with Crippen LogP contribution in [0.4, 0.5) is 0 Å². The molecule has 1 atom stereocenters. The van der Waals surface area contributed by atoms with Crippen LogP contribution in [0.15, 0.2) is 30.3 Å². The molecule has 1 rings (SSSR count). The third-order valence-electron chi connectivity index (χ3n) is 2.86. The monoisotopic (exact) mass is 251 g/mol. The molecule has 102 valence electrons. The van der Waals surface area contributed by atoms with Gasteiger partial charge in [0.2, 0.25) is 0 Å². The van der Waals surface area contributed by atoms with Crippen LogP contribution in [0.3, 0.4) is 0 Å². The summed E-state index contributed by atoms with van der Waals surface area (Å²) in [5.41, 5.74) is 1.11. The normalized spacial score (nSPS) is 12.9. The Labute approximate surface area is 110 Å². The summed E-state index contributed by atoms with van der Waals surface area (Å²) < 4.78 is 5.53. The van der Waals surface area contributed by atoms with Crippen LogP contribution >= 0.6 is 0 Å². The first-order valence-electron chi connectivity index (χ1n) is 6.71. The van der Waals surface area contributed by atoms with E-state index in [1.165, 1.54) is 0 Å². The molecule has 0 aliphatic rings. The van der Waals surface area contributed by atoms with Crippen LogP contribution in [-0.4, -0.2) is 31.5 Å². The molecule has 0 aliphatic carbocycles. The van der Waals surface area contributed by atoms with Crippen molar-refractivity contribution in [2.75, 3.05) is 26.4 Å². The topological polar surface area (TPSA) is 41.5 Å². The largest absolute Gasteiger partial charge is 0.394 e. The van der Waals surface area contributed by atoms with Crippen molar-refractivity contribution in [3.05, 3.63) is 35.9 Å². The Morgan fingerprint density at radius 2 is 1.89 bits per heavy atom. The summed E-state index contributed by atoms with van der Waals surface area (Å²) in [6.45, 7) is 6.76. The molecule has 0 aliphatic heterocycles. The van der Waals surface area contributed by atoms with Gasteiger partial charge < -0.3 is 15.2 Å². The number of rotatable bonds is 9. The van der Waals surface area contributed by atoms with Crippen molar-refractivity contribution in [1.82, 2.24) is 5.32 Å². The predicted octanol–water partition coefficient (Wildman–Crippen LogP) is 2.37. The number of hydrogen-bond donors (Lipinski definition) is 2. The maximum atomic E-state index is 9.35. The molecule has 0 saturated heterocycles. The Morgan fingerprint density at radius 1 is 1.17 bits per heavy atom. The third-order valence-corrected chi connectivity index (χ3v) is 2.86. The van der Waals surface area contributed by atoms with E-state index in [-0.39, 0.29) is 12.6 Å². The average molecular weight is 251 g/mol. The van der Waals surface area contributed by atoms with Crippen LogP contribution in [-0.2, 0) is 4.74 Å². The van der Waals surface area contributed by atoms with Gasteiger partial charge in [-0.15, -0.1) is 0 Å². The molecule has 0 bridgehead atoms. The van der Waals surface area contributed by atoms with Gasteiger partial charge in [0.1, 0.15) is 0 Å². The van der Waals surface area contributed by atoms with Gasteiger partial charge in [-0.05, 0) is 17.9 Å². The Hall–Kier alpha value is -0.900. The minimum atomic E-state index is -0.0000937. The number of aliphatic hydroxyl groups excluding tert-OH is 1. The van der Waals surface area contributed by atoms with Gasteiger partial charge in [-0.25, -0.2) is 0 Å². The zero-order valence-corrected chi connectivity index (χ0v) is 11.4. The molecular weight excluding hydrogens is 226 g/mol. The summed E-state index contributed by atoms with van der Waals surface area (Å²) in [4.78, 5) is 0. The predicted molar refractivity (Wildman–Crippen MR) is 74.5 cm³/mol. The van der Waals surface area contributed by atoms with E-state index in [0.29, 0.717) is 12.5 Å². The first-order chi connectivity index (χ1) is 8.74. The zero-order valence-electron chi connectivity index (χ0n) is 11.4. The molecule has 0 amide bonds. The van der Waals surface area contributed by atoms with Gasteiger partial charge in [-0.2, -0.15) is 0 Å². The standard InChI is InChI=1S/C15H25NO2/c1-13(2)8-10-18-11-9-16-15(12-17)14-6-4-3-5-7-14/h3-7,13,15-17H,8-12H2,1-2H3. The van der Waals surface area contributed by atoms with E-state index in [4.69, 9.17) is 4.74 Å². The maximum Gasteiger partial charge on any atom is 0.0626 e. The molecule has 2 N–H and O–H groups in total. The second-order valence-electron chi connectivity index (χ2n) is 4.89. The minimum Gasteiger partial charge on any atom is -0.394 e. The van der Waals surface area contributed by atoms with Crippen molar-refractivity contribution in [2.45, 2.75) is 26.3 Å². The van der Waals surface area contributed by atoms with Crippen molar-refractivity contribution in [1.29, 1.82) is 0 Å². The molecular formula is C15H25NO2. The highest BCUT2D eigenvalue weighted by molar-refractivity contribution is 5.18. The van der Waals surface area contributed by atoms with Gasteiger partial charge in [0.25, 0.3) is 0 Å². The Balaban J connectivity index is 2.17. The van der Waals surface area contributed by atoms with Crippen LogP contribution in [0.2, 0.25) is 0 Å². The second kappa shape index (κ2) is 9.09. The highest BCUT2D eigenvalue weighted by atomic mass is 16.5. The summed E-state index contributed by atoms with van der Waals surface area (Å²) in [6.07, 6.45) is 1.10. The third kappa shape index (κ3) is 6.15. The van der Waals surface area contributed by atoms with Gasteiger partial charge in [-0.1, -0.05) is 44.2 Å². The highest BCUT2D eigenvalue weighted by Crippen LogP contribution is 2.10. The fraction of sp³-hybridized carbons (Fsp3) is 0.600. The first-order valence-corrected chi connectivity index (χ1v) is 6.71. The molecule has 0 fully saturated rings. The van der Waals surface area contributed by atoms with Gasteiger partial charge in [-0.3, -0.25) is 0 Å². The number of aliphatic hydroxyl groups is 1. The fourth-order valence-electron chi connectivity index (χ4n) is 1.70.